The first-order chi connectivity index (χ1) is 10.0. The van der Waals surface area contributed by atoms with E-state index in [9.17, 15) is 14.9 Å². The van der Waals surface area contributed by atoms with Crippen molar-refractivity contribution in [2.45, 2.75) is 37.0 Å². The summed E-state index contributed by atoms with van der Waals surface area (Å²) in [5.74, 6) is -0.219. The van der Waals surface area contributed by atoms with Crippen molar-refractivity contribution < 1.29 is 9.72 Å². The van der Waals surface area contributed by atoms with E-state index >= 15 is 0 Å². The third kappa shape index (κ3) is 3.87. The van der Waals surface area contributed by atoms with Crippen LogP contribution in [0.25, 0.3) is 0 Å². The van der Waals surface area contributed by atoms with Crippen LogP contribution < -0.4 is 11.1 Å². The Labute approximate surface area is 127 Å². The summed E-state index contributed by atoms with van der Waals surface area (Å²) in [6.07, 6.45) is 6.34. The fourth-order valence-electron chi connectivity index (χ4n) is 2.62. The van der Waals surface area contributed by atoms with Crippen LogP contribution in [0.5, 0.6) is 0 Å². The Morgan fingerprint density at radius 1 is 1.48 bits per heavy atom. The summed E-state index contributed by atoms with van der Waals surface area (Å²) in [6, 6.07) is 4.25. The van der Waals surface area contributed by atoms with Crippen LogP contribution in [0.3, 0.4) is 0 Å². The molecular weight excluding hydrogens is 290 g/mol. The van der Waals surface area contributed by atoms with Crippen molar-refractivity contribution >= 4 is 29.0 Å². The number of thioether (sulfide) groups is 1. The van der Waals surface area contributed by atoms with E-state index in [4.69, 9.17) is 5.73 Å². The Hall–Kier alpha value is -1.76. The summed E-state index contributed by atoms with van der Waals surface area (Å²) in [4.78, 5) is 22.4. The lowest BCUT2D eigenvalue weighted by molar-refractivity contribution is -0.383. The van der Waals surface area contributed by atoms with Crippen molar-refractivity contribution in [2.24, 2.45) is 0 Å². The molecule has 6 nitrogen and oxygen atoms in total. The van der Waals surface area contributed by atoms with Crippen LogP contribution in [0.15, 0.2) is 18.2 Å². The fourth-order valence-corrected chi connectivity index (χ4v) is 3.45. The van der Waals surface area contributed by atoms with Gasteiger partial charge in [-0.05, 0) is 37.7 Å². The van der Waals surface area contributed by atoms with Gasteiger partial charge in [0.25, 0.3) is 11.6 Å². The van der Waals surface area contributed by atoms with Crippen molar-refractivity contribution in [3.05, 3.63) is 33.9 Å². The number of nitrogen functional groups attached to an aromatic ring is 1. The molecule has 0 spiro atoms. The van der Waals surface area contributed by atoms with Crippen LogP contribution in [0.2, 0.25) is 0 Å². The average Bonchev–Trinajstić information content (AvgIpc) is 2.46. The lowest BCUT2D eigenvalue weighted by atomic mass is 9.94. The summed E-state index contributed by atoms with van der Waals surface area (Å²) in [6.45, 7) is 0. The highest BCUT2D eigenvalue weighted by Crippen LogP contribution is 2.27. The van der Waals surface area contributed by atoms with Gasteiger partial charge in [0.05, 0.1) is 4.92 Å². The summed E-state index contributed by atoms with van der Waals surface area (Å²) < 4.78 is 0. The molecule has 0 aliphatic heterocycles. The molecule has 2 rings (SSSR count). The number of carbonyl (C=O) groups is 1. The van der Waals surface area contributed by atoms with Crippen molar-refractivity contribution in [2.75, 3.05) is 12.0 Å². The number of amides is 1. The molecule has 1 aliphatic rings. The number of rotatable bonds is 4. The zero-order chi connectivity index (χ0) is 15.4. The Morgan fingerprint density at radius 2 is 2.24 bits per heavy atom. The second kappa shape index (κ2) is 6.80. The van der Waals surface area contributed by atoms with E-state index in [0.29, 0.717) is 10.8 Å². The van der Waals surface area contributed by atoms with Crippen LogP contribution in [-0.2, 0) is 0 Å². The smallest absolute Gasteiger partial charge is 0.292 e. The van der Waals surface area contributed by atoms with E-state index < -0.39 is 4.92 Å². The Morgan fingerprint density at radius 3 is 2.86 bits per heavy atom. The minimum absolute atomic E-state index is 0.0123. The van der Waals surface area contributed by atoms with Gasteiger partial charge in [-0.15, -0.1) is 0 Å². The molecule has 0 saturated heterocycles. The monoisotopic (exact) mass is 309 g/mol. The standard InChI is InChI=1S/C14H19N3O3S/c1-21-11-4-2-3-10(8-11)16-14(18)9-5-6-13(17(19)20)12(15)7-9/h5-7,10-11H,2-4,8,15H2,1H3,(H,16,18). The predicted octanol–water partition coefficient (Wildman–Crippen LogP) is 2.58. The van der Waals surface area contributed by atoms with Gasteiger partial charge in [0.15, 0.2) is 0 Å². The molecule has 1 aliphatic carbocycles. The SMILES string of the molecule is CSC1CCCC(NC(=O)c2ccc([N+](=O)[O-])c(N)c2)C1. The van der Waals surface area contributed by atoms with Gasteiger partial charge in [-0.1, -0.05) is 6.42 Å². The molecule has 1 aromatic rings. The van der Waals surface area contributed by atoms with E-state index in [1.54, 1.807) is 0 Å². The topological polar surface area (TPSA) is 98.3 Å². The first-order valence-corrected chi connectivity index (χ1v) is 8.17. The molecule has 0 radical (unpaired) electrons. The van der Waals surface area contributed by atoms with E-state index in [1.165, 1.54) is 24.6 Å². The average molecular weight is 309 g/mol. The van der Waals surface area contributed by atoms with Gasteiger partial charge in [-0.2, -0.15) is 11.8 Å². The first kappa shape index (κ1) is 15.6. The molecule has 1 saturated carbocycles. The second-order valence-electron chi connectivity index (χ2n) is 5.23. The van der Waals surface area contributed by atoms with Gasteiger partial charge in [0.1, 0.15) is 5.69 Å². The number of hydrogen-bond donors (Lipinski definition) is 2. The quantitative estimate of drug-likeness (QED) is 0.506. The van der Waals surface area contributed by atoms with Crippen LogP contribution in [0.1, 0.15) is 36.0 Å². The van der Waals surface area contributed by atoms with Crippen LogP contribution in [0.4, 0.5) is 11.4 Å². The zero-order valence-corrected chi connectivity index (χ0v) is 12.7. The molecule has 0 heterocycles. The van der Waals surface area contributed by atoms with Crippen molar-refractivity contribution in [1.29, 1.82) is 0 Å². The number of hydrogen-bond acceptors (Lipinski definition) is 5. The number of nitrogens with zero attached hydrogens (tertiary/aromatic N) is 1. The number of nitrogens with two attached hydrogens (primary N) is 1. The lowest BCUT2D eigenvalue weighted by Crippen LogP contribution is -2.39. The van der Waals surface area contributed by atoms with Gasteiger partial charge < -0.3 is 11.1 Å². The largest absolute Gasteiger partial charge is 0.393 e. The molecule has 21 heavy (non-hydrogen) atoms. The normalized spacial score (nSPS) is 21.8. The molecule has 1 amide bonds. The van der Waals surface area contributed by atoms with Gasteiger partial charge in [0.2, 0.25) is 0 Å². The van der Waals surface area contributed by atoms with Gasteiger partial charge in [-0.25, -0.2) is 0 Å². The van der Waals surface area contributed by atoms with Crippen LogP contribution in [0, 0.1) is 10.1 Å². The van der Waals surface area contributed by atoms with E-state index in [-0.39, 0.29) is 23.3 Å². The third-order valence-corrected chi connectivity index (χ3v) is 4.88. The van der Waals surface area contributed by atoms with E-state index in [1.807, 2.05) is 11.8 Å². The maximum atomic E-state index is 12.2. The first-order valence-electron chi connectivity index (χ1n) is 6.89. The number of benzene rings is 1. The number of carbonyl (C=O) groups excluding carboxylic acids is 1. The highest BCUT2D eigenvalue weighted by atomic mass is 32.2. The Bertz CT molecular complexity index is 550. The number of anilines is 1. The summed E-state index contributed by atoms with van der Waals surface area (Å²) in [5.41, 5.74) is 5.81. The lowest BCUT2D eigenvalue weighted by Gasteiger charge is -2.28. The Kier molecular flexibility index (Phi) is 5.06. The van der Waals surface area contributed by atoms with Gasteiger partial charge in [0, 0.05) is 22.9 Å². The van der Waals surface area contributed by atoms with E-state index in [2.05, 4.69) is 11.6 Å². The molecule has 1 fully saturated rings. The van der Waals surface area contributed by atoms with Crippen LogP contribution >= 0.6 is 11.8 Å². The fraction of sp³-hybridized carbons (Fsp3) is 0.500. The predicted molar refractivity (Wildman–Crippen MR) is 84.5 cm³/mol. The molecule has 2 atom stereocenters. The summed E-state index contributed by atoms with van der Waals surface area (Å²) in [7, 11) is 0. The zero-order valence-electron chi connectivity index (χ0n) is 11.9. The Balaban J connectivity index is 2.03. The molecule has 0 aromatic heterocycles. The van der Waals surface area contributed by atoms with Crippen molar-refractivity contribution in [1.82, 2.24) is 5.32 Å². The molecular formula is C14H19N3O3S. The number of nitro groups is 1. The molecule has 0 bridgehead atoms. The third-order valence-electron chi connectivity index (χ3n) is 3.78. The molecule has 2 unspecified atom stereocenters. The van der Waals surface area contributed by atoms with Gasteiger partial charge in [-0.3, -0.25) is 14.9 Å². The minimum Gasteiger partial charge on any atom is -0.393 e. The highest BCUT2D eigenvalue weighted by molar-refractivity contribution is 7.99. The maximum Gasteiger partial charge on any atom is 0.292 e. The molecule has 1 aromatic carbocycles. The van der Waals surface area contributed by atoms with Gasteiger partial charge >= 0.3 is 0 Å². The minimum atomic E-state index is -0.554. The molecule has 114 valence electrons. The highest BCUT2D eigenvalue weighted by Gasteiger charge is 2.23. The van der Waals surface area contributed by atoms with Crippen molar-refractivity contribution in [3.63, 3.8) is 0 Å². The summed E-state index contributed by atoms with van der Waals surface area (Å²) >= 11 is 1.83. The maximum absolute atomic E-state index is 12.2. The molecule has 3 N–H and O–H groups in total. The summed E-state index contributed by atoms with van der Waals surface area (Å²) in [5, 5.41) is 14.3. The van der Waals surface area contributed by atoms with Crippen molar-refractivity contribution in [3.8, 4) is 0 Å². The molecule has 7 heteroatoms. The second-order valence-corrected chi connectivity index (χ2v) is 6.36. The number of nitrogens with one attached hydrogen (secondary N) is 1. The van der Waals surface area contributed by atoms with Crippen LogP contribution in [-0.4, -0.2) is 28.4 Å². The van der Waals surface area contributed by atoms with E-state index in [0.717, 1.165) is 19.3 Å². The number of nitro benzene ring substituents is 1.